The number of thioether (sulfide) groups is 1. The average Bonchev–Trinajstić information content (AvgIpc) is 3.55. The highest BCUT2D eigenvalue weighted by Gasteiger charge is 2.39. The molecule has 4 rings (SSSR count). The van der Waals surface area contributed by atoms with E-state index in [1.165, 1.54) is 24.5 Å². The van der Waals surface area contributed by atoms with Gasteiger partial charge in [0.25, 0.3) is 11.8 Å². The van der Waals surface area contributed by atoms with Crippen LogP contribution in [0.5, 0.6) is 0 Å². The molecule has 0 bridgehead atoms. The summed E-state index contributed by atoms with van der Waals surface area (Å²) in [5.74, 6) is -2.28. The van der Waals surface area contributed by atoms with Crippen LogP contribution in [-0.4, -0.2) is 53.1 Å². The van der Waals surface area contributed by atoms with Crippen molar-refractivity contribution in [2.24, 2.45) is 0 Å². The van der Waals surface area contributed by atoms with E-state index in [2.05, 4.69) is 26.6 Å². The van der Waals surface area contributed by atoms with Crippen LogP contribution >= 0.6 is 11.8 Å². The summed E-state index contributed by atoms with van der Waals surface area (Å²) in [6.07, 6.45) is 4.45. The van der Waals surface area contributed by atoms with E-state index in [1.54, 1.807) is 6.07 Å². The molecule has 1 aromatic carbocycles. The molecule has 1 aliphatic carbocycles. The number of amides is 4. The molecule has 0 spiro atoms. The fourth-order valence-electron chi connectivity index (χ4n) is 3.98. The Kier molecular flexibility index (Phi) is 8.03. The first kappa shape index (κ1) is 24.7. The van der Waals surface area contributed by atoms with Crippen molar-refractivity contribution in [3.8, 4) is 0 Å². The van der Waals surface area contributed by atoms with E-state index in [1.807, 2.05) is 0 Å². The third-order valence-corrected chi connectivity index (χ3v) is 6.76. The van der Waals surface area contributed by atoms with E-state index in [9.17, 15) is 23.6 Å². The van der Waals surface area contributed by atoms with Crippen LogP contribution in [0.4, 0.5) is 4.39 Å². The van der Waals surface area contributed by atoms with Crippen molar-refractivity contribution in [3.05, 3.63) is 59.8 Å². The van der Waals surface area contributed by atoms with Gasteiger partial charge in [0.2, 0.25) is 11.8 Å². The van der Waals surface area contributed by atoms with Crippen molar-refractivity contribution < 1.29 is 28.0 Å². The normalized spacial score (nSPS) is 22.3. The molecule has 186 valence electrons. The Balaban J connectivity index is 1.41. The van der Waals surface area contributed by atoms with E-state index in [0.717, 1.165) is 49.6 Å². The molecule has 1 saturated carbocycles. The smallest absolute Gasteiger partial charge is 0.288 e. The number of hydrogen-bond acceptors (Lipinski definition) is 7. The van der Waals surface area contributed by atoms with Gasteiger partial charge in [-0.25, -0.2) is 4.39 Å². The zero-order valence-corrected chi connectivity index (χ0v) is 19.5. The molecule has 1 saturated heterocycles. The molecule has 1 aromatic heterocycles. The molecule has 10 nitrogen and oxygen atoms in total. The lowest BCUT2D eigenvalue weighted by Crippen LogP contribution is -2.72. The van der Waals surface area contributed by atoms with Crippen LogP contribution < -0.4 is 26.6 Å². The van der Waals surface area contributed by atoms with Gasteiger partial charge in [0, 0.05) is 11.6 Å². The SMILES string of the molecule is O=C(CSC1NC(=O)C(NC(=O)c2ccc(F)cc2)C(NC(=O)c2ccco2)N1)NC1CCCC1. The Morgan fingerprint density at radius 1 is 1.03 bits per heavy atom. The Bertz CT molecular complexity index is 1060. The summed E-state index contributed by atoms with van der Waals surface area (Å²) < 4.78 is 18.3. The molecule has 0 radical (unpaired) electrons. The van der Waals surface area contributed by atoms with Gasteiger partial charge in [0.15, 0.2) is 5.76 Å². The summed E-state index contributed by atoms with van der Waals surface area (Å²) in [5.41, 5.74) is -0.548. The van der Waals surface area contributed by atoms with E-state index < -0.39 is 41.2 Å². The minimum absolute atomic E-state index is 0.0292. The molecule has 35 heavy (non-hydrogen) atoms. The topological polar surface area (TPSA) is 142 Å². The molecule has 3 unspecified atom stereocenters. The van der Waals surface area contributed by atoms with Crippen LogP contribution in [0.1, 0.15) is 46.6 Å². The standard InChI is InChI=1S/C23H26FN5O5S/c24-14-9-7-13(8-10-14)20(31)26-18-19(27-21(32)16-6-3-11-34-16)28-23(29-22(18)33)35-12-17(30)25-15-4-1-2-5-15/h3,6-11,15,18-19,23,28H,1-2,4-5,12H2,(H,25,30)(H,26,31)(H,27,32)(H,29,33). The summed E-state index contributed by atoms with van der Waals surface area (Å²) in [6.45, 7) is 0. The second-order valence-corrected chi connectivity index (χ2v) is 9.40. The van der Waals surface area contributed by atoms with E-state index in [0.29, 0.717) is 0 Å². The monoisotopic (exact) mass is 503 g/mol. The first-order chi connectivity index (χ1) is 16.9. The van der Waals surface area contributed by atoms with Crippen molar-refractivity contribution >= 4 is 35.4 Å². The highest BCUT2D eigenvalue weighted by atomic mass is 32.2. The fraction of sp³-hybridized carbons (Fsp3) is 0.391. The number of furan rings is 1. The van der Waals surface area contributed by atoms with Gasteiger partial charge in [-0.15, -0.1) is 11.8 Å². The number of rotatable bonds is 8. The van der Waals surface area contributed by atoms with Crippen LogP contribution in [0.3, 0.4) is 0 Å². The van der Waals surface area contributed by atoms with E-state index >= 15 is 0 Å². The van der Waals surface area contributed by atoms with Gasteiger partial charge >= 0.3 is 0 Å². The second kappa shape index (κ2) is 11.4. The highest BCUT2D eigenvalue weighted by molar-refractivity contribution is 8.00. The molecular formula is C23H26FN5O5S. The Morgan fingerprint density at radius 3 is 2.46 bits per heavy atom. The van der Waals surface area contributed by atoms with E-state index in [4.69, 9.17) is 4.42 Å². The maximum atomic E-state index is 13.2. The van der Waals surface area contributed by atoms with Gasteiger partial charge < -0.3 is 25.7 Å². The Morgan fingerprint density at radius 2 is 1.77 bits per heavy atom. The lowest BCUT2D eigenvalue weighted by Gasteiger charge is -2.37. The van der Waals surface area contributed by atoms with Gasteiger partial charge in [-0.05, 0) is 49.2 Å². The number of nitrogens with one attached hydrogen (secondary N) is 5. The number of carbonyl (C=O) groups excluding carboxylic acids is 4. The molecule has 1 aliphatic heterocycles. The van der Waals surface area contributed by atoms with Gasteiger partial charge in [-0.2, -0.15) is 0 Å². The Hall–Kier alpha value is -3.38. The van der Waals surface area contributed by atoms with Crippen LogP contribution in [0.2, 0.25) is 0 Å². The molecule has 3 atom stereocenters. The Labute approximate surface area is 205 Å². The molecule has 4 amide bonds. The molecular weight excluding hydrogens is 477 g/mol. The van der Waals surface area contributed by atoms with Crippen molar-refractivity contribution in [2.75, 3.05) is 5.75 Å². The molecule has 5 N–H and O–H groups in total. The quantitative estimate of drug-likeness (QED) is 0.363. The molecule has 12 heteroatoms. The maximum Gasteiger partial charge on any atom is 0.288 e. The third kappa shape index (κ3) is 6.61. The minimum atomic E-state index is -1.18. The maximum absolute atomic E-state index is 13.2. The molecule has 2 aromatic rings. The highest BCUT2D eigenvalue weighted by Crippen LogP contribution is 2.18. The van der Waals surface area contributed by atoms with Gasteiger partial charge in [0.1, 0.15) is 23.5 Å². The lowest BCUT2D eigenvalue weighted by atomic mass is 10.1. The average molecular weight is 504 g/mol. The third-order valence-electron chi connectivity index (χ3n) is 5.75. The molecule has 2 fully saturated rings. The van der Waals surface area contributed by atoms with Gasteiger partial charge in [0.05, 0.1) is 12.0 Å². The first-order valence-electron chi connectivity index (χ1n) is 11.3. The fourth-order valence-corrected chi connectivity index (χ4v) is 4.82. The number of benzene rings is 1. The second-order valence-electron chi connectivity index (χ2n) is 8.30. The zero-order chi connectivity index (χ0) is 24.8. The van der Waals surface area contributed by atoms with Crippen LogP contribution in [0, 0.1) is 5.82 Å². The summed E-state index contributed by atoms with van der Waals surface area (Å²) >= 11 is 1.16. The van der Waals surface area contributed by atoms with Crippen LogP contribution in [0.25, 0.3) is 0 Å². The van der Waals surface area contributed by atoms with Crippen molar-refractivity contribution in [3.63, 3.8) is 0 Å². The minimum Gasteiger partial charge on any atom is -0.459 e. The van der Waals surface area contributed by atoms with Crippen molar-refractivity contribution in [2.45, 2.75) is 49.4 Å². The number of hydrogen-bond donors (Lipinski definition) is 5. The number of carbonyl (C=O) groups is 4. The summed E-state index contributed by atoms with van der Waals surface area (Å²) in [6, 6.07) is 6.85. The van der Waals surface area contributed by atoms with E-state index in [-0.39, 0.29) is 29.0 Å². The summed E-state index contributed by atoms with van der Waals surface area (Å²) in [7, 11) is 0. The first-order valence-corrected chi connectivity index (χ1v) is 12.3. The lowest BCUT2D eigenvalue weighted by molar-refractivity contribution is -0.126. The van der Waals surface area contributed by atoms with Crippen LogP contribution in [-0.2, 0) is 9.59 Å². The summed E-state index contributed by atoms with van der Waals surface area (Å²) in [5, 5.41) is 13.9. The molecule has 2 aliphatic rings. The van der Waals surface area contributed by atoms with Crippen LogP contribution in [0.15, 0.2) is 47.1 Å². The van der Waals surface area contributed by atoms with Gasteiger partial charge in [-0.3, -0.25) is 24.5 Å². The van der Waals surface area contributed by atoms with Crippen molar-refractivity contribution in [1.82, 2.24) is 26.6 Å². The van der Waals surface area contributed by atoms with Crippen molar-refractivity contribution in [1.29, 1.82) is 0 Å². The zero-order valence-electron chi connectivity index (χ0n) is 18.7. The predicted molar refractivity (Wildman–Crippen MR) is 126 cm³/mol. The summed E-state index contributed by atoms with van der Waals surface area (Å²) in [4.78, 5) is 50.4. The molecule has 2 heterocycles. The van der Waals surface area contributed by atoms with Gasteiger partial charge in [-0.1, -0.05) is 12.8 Å². The number of halogens is 1. The largest absolute Gasteiger partial charge is 0.459 e. The predicted octanol–water partition coefficient (Wildman–Crippen LogP) is 1.07.